The first-order valence-corrected chi connectivity index (χ1v) is 11.2. The van der Waals surface area contributed by atoms with Crippen molar-refractivity contribution in [2.24, 2.45) is 0 Å². The Morgan fingerprint density at radius 3 is 2.86 bits per heavy atom. The molecule has 1 fully saturated rings. The average molecular weight is 421 g/mol. The number of nitrogens with one attached hydrogen (secondary N) is 1. The van der Waals surface area contributed by atoms with E-state index in [1.165, 1.54) is 10.4 Å². The number of hydrogen-bond acceptors (Lipinski definition) is 6. The van der Waals surface area contributed by atoms with Crippen LogP contribution >= 0.6 is 22.9 Å². The maximum atomic E-state index is 6.46. The molecule has 2 aliphatic rings. The van der Waals surface area contributed by atoms with E-state index in [2.05, 4.69) is 29.4 Å². The van der Waals surface area contributed by atoms with Gasteiger partial charge in [0.15, 0.2) is 0 Å². The van der Waals surface area contributed by atoms with Crippen LogP contribution < -0.4 is 10.2 Å². The second-order valence-corrected chi connectivity index (χ2v) is 10.1. The maximum Gasteiger partial charge on any atom is 0.225 e. The van der Waals surface area contributed by atoms with Crippen molar-refractivity contribution in [1.82, 2.24) is 15.3 Å². The molecular formula is C21H29ClN4OS. The predicted octanol–water partition coefficient (Wildman–Crippen LogP) is 4.28. The summed E-state index contributed by atoms with van der Waals surface area (Å²) in [5, 5.41) is 3.79. The van der Waals surface area contributed by atoms with E-state index in [1.807, 2.05) is 25.9 Å². The van der Waals surface area contributed by atoms with Crippen LogP contribution in [0.2, 0.25) is 4.34 Å². The van der Waals surface area contributed by atoms with Gasteiger partial charge in [0.1, 0.15) is 0 Å². The Hall–Kier alpha value is -1.21. The fourth-order valence-corrected chi connectivity index (χ4v) is 6.29. The van der Waals surface area contributed by atoms with E-state index in [-0.39, 0.29) is 11.5 Å². The smallest absolute Gasteiger partial charge is 0.225 e. The van der Waals surface area contributed by atoms with Crippen molar-refractivity contribution in [3.8, 4) is 0 Å². The largest absolute Gasteiger partial charge is 0.381 e. The van der Waals surface area contributed by atoms with Crippen molar-refractivity contribution >= 4 is 28.9 Å². The van der Waals surface area contributed by atoms with Gasteiger partial charge in [-0.15, -0.1) is 11.3 Å². The number of hydrogen-bond donors (Lipinski definition) is 1. The van der Waals surface area contributed by atoms with Crippen molar-refractivity contribution in [2.45, 2.75) is 57.0 Å². The van der Waals surface area contributed by atoms with Crippen LogP contribution in [0.15, 0.2) is 12.1 Å². The summed E-state index contributed by atoms with van der Waals surface area (Å²) < 4.78 is 6.81. The molecule has 0 amide bonds. The first-order valence-electron chi connectivity index (χ1n) is 10.0. The molecule has 4 rings (SSSR count). The second kappa shape index (κ2) is 7.90. The minimum atomic E-state index is 0.0834. The molecule has 5 nitrogen and oxygen atoms in total. The predicted molar refractivity (Wildman–Crippen MR) is 116 cm³/mol. The monoisotopic (exact) mass is 420 g/mol. The highest BCUT2D eigenvalue weighted by molar-refractivity contribution is 7.16. The fourth-order valence-electron chi connectivity index (χ4n) is 4.75. The minimum Gasteiger partial charge on any atom is -0.381 e. The van der Waals surface area contributed by atoms with Gasteiger partial charge in [-0.2, -0.15) is 0 Å². The normalized spacial score (nSPS) is 27.9. The topological polar surface area (TPSA) is 50.3 Å². The van der Waals surface area contributed by atoms with E-state index in [1.54, 1.807) is 11.3 Å². The summed E-state index contributed by atoms with van der Waals surface area (Å²) in [5.41, 5.74) is 3.54. The van der Waals surface area contributed by atoms with Gasteiger partial charge in [-0.3, -0.25) is 0 Å². The molecule has 0 saturated carbocycles. The lowest BCUT2D eigenvalue weighted by molar-refractivity contribution is 0.0881. The molecule has 0 radical (unpaired) electrons. The van der Waals surface area contributed by atoms with E-state index >= 15 is 0 Å². The third-order valence-corrected chi connectivity index (χ3v) is 7.45. The Balaban J connectivity index is 1.74. The summed E-state index contributed by atoms with van der Waals surface area (Å²) in [7, 11) is 3.98. The van der Waals surface area contributed by atoms with Crippen LogP contribution in [0.4, 0.5) is 5.95 Å². The van der Waals surface area contributed by atoms with Gasteiger partial charge in [-0.25, -0.2) is 9.97 Å². The number of anilines is 1. The van der Waals surface area contributed by atoms with Crippen LogP contribution in [0.3, 0.4) is 0 Å². The van der Waals surface area contributed by atoms with E-state index in [0.29, 0.717) is 6.04 Å². The molecule has 2 aliphatic heterocycles. The molecule has 3 unspecified atom stereocenters. The van der Waals surface area contributed by atoms with Gasteiger partial charge < -0.3 is 15.0 Å². The van der Waals surface area contributed by atoms with E-state index in [0.717, 1.165) is 60.6 Å². The molecule has 1 N–H and O–H groups in total. The molecular weight excluding hydrogens is 392 g/mol. The van der Waals surface area contributed by atoms with Gasteiger partial charge >= 0.3 is 0 Å². The third-order valence-electron chi connectivity index (χ3n) is 5.90. The standard InChI is InChI=1S/C21H29ClN4OS/c1-13-9-16(25-20(24-13)26(3)4)17-12-21(11-14(2)23-17)6-8-27-7-5-15-10-18(22)28-19(15)21/h9-10,14,17,23H,5-8,11-12H2,1-4H3. The van der Waals surface area contributed by atoms with Gasteiger partial charge in [-0.05, 0) is 57.2 Å². The molecule has 7 heteroatoms. The first kappa shape index (κ1) is 20.1. The number of ether oxygens (including phenoxy) is 1. The van der Waals surface area contributed by atoms with Crippen LogP contribution in [-0.2, 0) is 16.6 Å². The lowest BCUT2D eigenvalue weighted by Crippen LogP contribution is -2.48. The van der Waals surface area contributed by atoms with Crippen molar-refractivity contribution in [1.29, 1.82) is 0 Å². The number of fused-ring (bicyclic) bond motifs is 2. The van der Waals surface area contributed by atoms with Crippen molar-refractivity contribution in [3.63, 3.8) is 0 Å². The fraction of sp³-hybridized carbons (Fsp3) is 0.619. The molecule has 0 bridgehead atoms. The highest BCUT2D eigenvalue weighted by atomic mass is 35.5. The highest BCUT2D eigenvalue weighted by Gasteiger charge is 2.44. The van der Waals surface area contributed by atoms with Crippen LogP contribution in [0.5, 0.6) is 0 Å². The van der Waals surface area contributed by atoms with Gasteiger partial charge in [0.2, 0.25) is 5.95 Å². The van der Waals surface area contributed by atoms with Crippen LogP contribution in [-0.4, -0.2) is 43.3 Å². The van der Waals surface area contributed by atoms with Crippen molar-refractivity contribution < 1.29 is 4.74 Å². The number of halogens is 1. The summed E-state index contributed by atoms with van der Waals surface area (Å²) in [6.07, 6.45) is 4.09. The van der Waals surface area contributed by atoms with Crippen LogP contribution in [0.25, 0.3) is 0 Å². The Labute approximate surface area is 176 Å². The average Bonchev–Trinajstić information content (AvgIpc) is 3.00. The highest BCUT2D eigenvalue weighted by Crippen LogP contribution is 2.49. The first-order chi connectivity index (χ1) is 13.4. The number of piperidine rings is 1. The molecule has 0 aliphatic carbocycles. The van der Waals surface area contributed by atoms with Crippen LogP contribution in [0, 0.1) is 6.92 Å². The second-order valence-electron chi connectivity index (χ2n) is 8.45. The van der Waals surface area contributed by atoms with E-state index < -0.39 is 0 Å². The SMILES string of the molecule is Cc1cc(C2CC3(CCOCCc4cc(Cl)sc43)CC(C)N2)nc(N(C)C)n1. The number of rotatable bonds is 2. The Bertz CT molecular complexity index is 855. The molecule has 152 valence electrons. The molecule has 2 aromatic heterocycles. The number of aryl methyl sites for hydroxylation is 1. The van der Waals surface area contributed by atoms with Gasteiger partial charge in [0.25, 0.3) is 0 Å². The van der Waals surface area contributed by atoms with E-state index in [4.69, 9.17) is 21.3 Å². The summed E-state index contributed by atoms with van der Waals surface area (Å²) in [6.45, 7) is 5.91. The number of thiophene rings is 1. The van der Waals surface area contributed by atoms with Gasteiger partial charge in [0, 0.05) is 42.7 Å². The number of aromatic nitrogens is 2. The van der Waals surface area contributed by atoms with E-state index in [9.17, 15) is 0 Å². The van der Waals surface area contributed by atoms with Gasteiger partial charge in [-0.1, -0.05) is 11.6 Å². The summed E-state index contributed by atoms with van der Waals surface area (Å²) in [5.74, 6) is 0.768. The molecule has 0 aromatic carbocycles. The zero-order valence-electron chi connectivity index (χ0n) is 17.1. The molecule has 1 saturated heterocycles. The summed E-state index contributed by atoms with van der Waals surface area (Å²) in [4.78, 5) is 12.9. The van der Waals surface area contributed by atoms with Crippen molar-refractivity contribution in [2.75, 3.05) is 32.2 Å². The maximum absolute atomic E-state index is 6.46. The molecule has 4 heterocycles. The lowest BCUT2D eigenvalue weighted by Gasteiger charge is -2.45. The Kier molecular flexibility index (Phi) is 5.67. The molecule has 3 atom stereocenters. The van der Waals surface area contributed by atoms with Crippen molar-refractivity contribution in [3.05, 3.63) is 38.3 Å². The van der Waals surface area contributed by atoms with Gasteiger partial charge in [0.05, 0.1) is 22.7 Å². The lowest BCUT2D eigenvalue weighted by atomic mass is 9.68. The Morgan fingerprint density at radius 2 is 2.07 bits per heavy atom. The third kappa shape index (κ3) is 3.92. The molecule has 28 heavy (non-hydrogen) atoms. The zero-order valence-corrected chi connectivity index (χ0v) is 18.7. The molecule has 1 spiro atoms. The molecule has 2 aromatic rings. The zero-order chi connectivity index (χ0) is 19.9. The summed E-state index contributed by atoms with van der Waals surface area (Å²) in [6, 6.07) is 4.86. The summed E-state index contributed by atoms with van der Waals surface area (Å²) >= 11 is 8.23. The quantitative estimate of drug-likeness (QED) is 0.785. The Morgan fingerprint density at radius 1 is 1.25 bits per heavy atom. The minimum absolute atomic E-state index is 0.0834. The van der Waals surface area contributed by atoms with Crippen LogP contribution in [0.1, 0.15) is 54.1 Å². The number of nitrogens with zero attached hydrogens (tertiary/aromatic N) is 3.